The summed E-state index contributed by atoms with van der Waals surface area (Å²) in [6, 6.07) is 15.0. The highest BCUT2D eigenvalue weighted by molar-refractivity contribution is 7.98. The zero-order valence-electron chi connectivity index (χ0n) is 10.3. The molecule has 98 valence electrons. The predicted octanol–water partition coefficient (Wildman–Crippen LogP) is 4.65. The van der Waals surface area contributed by atoms with Crippen LogP contribution in [0.2, 0.25) is 5.02 Å². The summed E-state index contributed by atoms with van der Waals surface area (Å²) in [4.78, 5) is 4.37. The van der Waals surface area contributed by atoms with Crippen LogP contribution in [0, 0.1) is 11.3 Å². The van der Waals surface area contributed by atoms with Crippen molar-refractivity contribution in [3.63, 3.8) is 0 Å². The Kier molecular flexibility index (Phi) is 3.64. The van der Waals surface area contributed by atoms with E-state index in [9.17, 15) is 0 Å². The molecule has 0 fully saturated rings. The quantitative estimate of drug-likeness (QED) is 0.661. The number of nitriles is 1. The Morgan fingerprint density at radius 3 is 2.95 bits per heavy atom. The molecule has 0 amide bonds. The van der Waals surface area contributed by atoms with Gasteiger partial charge in [-0.1, -0.05) is 41.6 Å². The summed E-state index contributed by atoms with van der Waals surface area (Å²) in [5, 5.41) is 10.3. The Bertz CT molecular complexity index is 807. The Hall–Kier alpha value is -1.96. The Labute approximate surface area is 125 Å². The van der Waals surface area contributed by atoms with Crippen molar-refractivity contribution in [3.8, 4) is 6.07 Å². The largest absolute Gasteiger partial charge is 0.431 e. The minimum Gasteiger partial charge on any atom is -0.431 e. The molecular weight excluding hydrogens is 292 g/mol. The van der Waals surface area contributed by atoms with Crippen LogP contribution in [0.1, 0.15) is 11.1 Å². The van der Waals surface area contributed by atoms with Crippen molar-refractivity contribution in [3.05, 3.63) is 58.6 Å². The number of fused-ring (bicyclic) bond motifs is 1. The van der Waals surface area contributed by atoms with Crippen LogP contribution in [0.3, 0.4) is 0 Å². The van der Waals surface area contributed by atoms with Gasteiger partial charge in [0.1, 0.15) is 5.52 Å². The second-order valence-electron chi connectivity index (χ2n) is 4.15. The summed E-state index contributed by atoms with van der Waals surface area (Å²) in [7, 11) is 0. The monoisotopic (exact) mass is 300 g/mol. The van der Waals surface area contributed by atoms with Crippen LogP contribution >= 0.6 is 23.4 Å². The minimum absolute atomic E-state index is 0.579. The first-order valence-electron chi connectivity index (χ1n) is 5.93. The lowest BCUT2D eigenvalue weighted by Crippen LogP contribution is -1.86. The number of rotatable bonds is 3. The first-order valence-corrected chi connectivity index (χ1v) is 7.29. The predicted molar refractivity (Wildman–Crippen MR) is 79.7 cm³/mol. The molecular formula is C15H9ClN2OS. The van der Waals surface area contributed by atoms with Gasteiger partial charge in [0.25, 0.3) is 5.22 Å². The van der Waals surface area contributed by atoms with Crippen molar-refractivity contribution in [2.45, 2.75) is 11.0 Å². The molecule has 1 heterocycles. The van der Waals surface area contributed by atoms with E-state index in [-0.39, 0.29) is 0 Å². The molecule has 0 radical (unpaired) electrons. The van der Waals surface area contributed by atoms with Crippen LogP contribution in [0.5, 0.6) is 0 Å². The summed E-state index contributed by atoms with van der Waals surface area (Å²) in [5.74, 6) is 0.643. The minimum atomic E-state index is 0.579. The molecule has 3 aromatic rings. The van der Waals surface area contributed by atoms with Crippen LogP contribution in [-0.4, -0.2) is 4.98 Å². The fourth-order valence-corrected chi connectivity index (χ4v) is 2.84. The van der Waals surface area contributed by atoms with Gasteiger partial charge in [0.15, 0.2) is 5.58 Å². The highest BCUT2D eigenvalue weighted by atomic mass is 35.5. The van der Waals surface area contributed by atoms with Gasteiger partial charge in [-0.25, -0.2) is 4.98 Å². The Morgan fingerprint density at radius 2 is 2.10 bits per heavy atom. The molecule has 0 N–H and O–H groups in total. The third-order valence-corrected chi connectivity index (χ3v) is 3.93. The van der Waals surface area contributed by atoms with Crippen LogP contribution in [-0.2, 0) is 5.75 Å². The van der Waals surface area contributed by atoms with Crippen LogP contribution in [0.25, 0.3) is 11.1 Å². The topological polar surface area (TPSA) is 49.8 Å². The summed E-state index contributed by atoms with van der Waals surface area (Å²) in [6.07, 6.45) is 0. The van der Waals surface area contributed by atoms with E-state index in [0.29, 0.717) is 27.1 Å². The van der Waals surface area contributed by atoms with E-state index in [1.165, 1.54) is 11.8 Å². The van der Waals surface area contributed by atoms with E-state index in [4.69, 9.17) is 21.3 Å². The number of benzene rings is 2. The van der Waals surface area contributed by atoms with Crippen LogP contribution in [0.4, 0.5) is 0 Å². The fourth-order valence-electron chi connectivity index (χ4n) is 1.84. The second-order valence-corrected chi connectivity index (χ2v) is 5.51. The number of aromatic nitrogens is 1. The lowest BCUT2D eigenvalue weighted by molar-refractivity contribution is 0.489. The molecule has 0 bridgehead atoms. The number of halogens is 1. The van der Waals surface area contributed by atoms with E-state index in [2.05, 4.69) is 11.1 Å². The summed E-state index contributed by atoms with van der Waals surface area (Å²) >= 11 is 7.38. The lowest BCUT2D eigenvalue weighted by Gasteiger charge is -2.00. The van der Waals surface area contributed by atoms with Crippen molar-refractivity contribution in [2.24, 2.45) is 0 Å². The number of hydrogen-bond donors (Lipinski definition) is 0. The maximum absolute atomic E-state index is 9.05. The molecule has 0 saturated carbocycles. The highest BCUT2D eigenvalue weighted by Crippen LogP contribution is 2.28. The van der Waals surface area contributed by atoms with Gasteiger partial charge in [0, 0.05) is 10.8 Å². The molecule has 0 aliphatic rings. The zero-order chi connectivity index (χ0) is 13.9. The molecule has 20 heavy (non-hydrogen) atoms. The third-order valence-electron chi connectivity index (χ3n) is 2.82. The van der Waals surface area contributed by atoms with Gasteiger partial charge in [0.05, 0.1) is 11.6 Å². The van der Waals surface area contributed by atoms with Crippen molar-refractivity contribution in [1.29, 1.82) is 5.26 Å². The molecule has 3 rings (SSSR count). The van der Waals surface area contributed by atoms with Crippen molar-refractivity contribution >= 4 is 34.5 Å². The van der Waals surface area contributed by atoms with Gasteiger partial charge >= 0.3 is 0 Å². The average molecular weight is 301 g/mol. The number of hydrogen-bond acceptors (Lipinski definition) is 4. The molecule has 0 spiro atoms. The van der Waals surface area contributed by atoms with Gasteiger partial charge in [-0.15, -0.1) is 0 Å². The van der Waals surface area contributed by atoms with E-state index < -0.39 is 0 Å². The van der Waals surface area contributed by atoms with E-state index >= 15 is 0 Å². The smallest absolute Gasteiger partial charge is 0.257 e. The van der Waals surface area contributed by atoms with Crippen LogP contribution < -0.4 is 0 Å². The van der Waals surface area contributed by atoms with Crippen molar-refractivity contribution in [2.75, 3.05) is 0 Å². The summed E-state index contributed by atoms with van der Waals surface area (Å²) in [6.45, 7) is 0. The molecule has 5 heteroatoms. The van der Waals surface area contributed by atoms with Gasteiger partial charge in [0.2, 0.25) is 0 Å². The van der Waals surface area contributed by atoms with E-state index in [0.717, 1.165) is 11.1 Å². The van der Waals surface area contributed by atoms with E-state index in [1.54, 1.807) is 18.2 Å². The number of nitrogens with zero attached hydrogens (tertiary/aromatic N) is 2. The van der Waals surface area contributed by atoms with E-state index in [1.807, 2.05) is 24.3 Å². The molecule has 1 aromatic heterocycles. The Morgan fingerprint density at radius 1 is 1.25 bits per heavy atom. The molecule has 0 aliphatic carbocycles. The number of thioether (sulfide) groups is 1. The van der Waals surface area contributed by atoms with Gasteiger partial charge < -0.3 is 4.42 Å². The van der Waals surface area contributed by atoms with Gasteiger partial charge in [-0.05, 0) is 29.8 Å². The van der Waals surface area contributed by atoms with Crippen molar-refractivity contribution < 1.29 is 4.42 Å². The first kappa shape index (κ1) is 13.0. The SMILES string of the molecule is N#Cc1ccccc1CSc1nc2cc(Cl)ccc2o1. The normalized spacial score (nSPS) is 10.6. The molecule has 0 saturated heterocycles. The van der Waals surface area contributed by atoms with Crippen LogP contribution in [0.15, 0.2) is 52.1 Å². The third kappa shape index (κ3) is 2.64. The molecule has 0 atom stereocenters. The molecule has 2 aromatic carbocycles. The maximum atomic E-state index is 9.05. The highest BCUT2D eigenvalue weighted by Gasteiger charge is 2.08. The summed E-state index contributed by atoms with van der Waals surface area (Å²) in [5.41, 5.74) is 3.11. The molecule has 3 nitrogen and oxygen atoms in total. The standard InChI is InChI=1S/C15H9ClN2OS/c16-12-5-6-14-13(7-12)18-15(19-14)20-9-11-4-2-1-3-10(11)8-17/h1-7H,9H2. The van der Waals surface area contributed by atoms with Crippen molar-refractivity contribution in [1.82, 2.24) is 4.98 Å². The molecule has 0 unspecified atom stereocenters. The second kappa shape index (κ2) is 5.58. The zero-order valence-corrected chi connectivity index (χ0v) is 11.9. The van der Waals surface area contributed by atoms with Gasteiger partial charge in [-0.2, -0.15) is 5.26 Å². The first-order chi connectivity index (χ1) is 9.76. The number of oxazole rings is 1. The summed E-state index contributed by atoms with van der Waals surface area (Å²) < 4.78 is 5.63. The lowest BCUT2D eigenvalue weighted by atomic mass is 10.1. The maximum Gasteiger partial charge on any atom is 0.257 e. The fraction of sp³-hybridized carbons (Fsp3) is 0.0667. The average Bonchev–Trinajstić information content (AvgIpc) is 2.87. The Balaban J connectivity index is 1.82. The van der Waals surface area contributed by atoms with Gasteiger partial charge in [-0.3, -0.25) is 0 Å². The molecule has 0 aliphatic heterocycles.